The summed E-state index contributed by atoms with van der Waals surface area (Å²) in [5, 5.41) is 3.38. The van der Waals surface area contributed by atoms with Crippen LogP contribution in [0.2, 0.25) is 0 Å². The van der Waals surface area contributed by atoms with Gasteiger partial charge in [0.05, 0.1) is 0 Å². The third-order valence-electron chi connectivity index (χ3n) is 3.42. The van der Waals surface area contributed by atoms with Crippen LogP contribution in [-0.4, -0.2) is 55.7 Å². The second kappa shape index (κ2) is 7.34. The minimum atomic E-state index is 1.08. The molecule has 0 aromatic carbocycles. The normalized spacial score (nSPS) is 17.1. The van der Waals surface area contributed by atoms with Crippen molar-refractivity contribution < 1.29 is 0 Å². The Labute approximate surface area is 110 Å². The number of pyridine rings is 1. The molecule has 1 fully saturated rings. The number of rotatable bonds is 6. The molecule has 0 saturated carbocycles. The molecule has 0 atom stereocenters. The average molecular weight is 248 g/mol. The van der Waals surface area contributed by atoms with Crippen LogP contribution >= 0.6 is 0 Å². The van der Waals surface area contributed by atoms with Crippen molar-refractivity contribution in [3.63, 3.8) is 0 Å². The number of hydrogen-bond acceptors (Lipinski definition) is 4. The third kappa shape index (κ3) is 3.96. The summed E-state index contributed by atoms with van der Waals surface area (Å²) in [4.78, 5) is 9.34. The molecule has 1 aromatic rings. The number of nitrogens with zero attached hydrogens (tertiary/aromatic N) is 3. The number of hydrogen-bond donors (Lipinski definition) is 1. The van der Waals surface area contributed by atoms with E-state index >= 15 is 0 Å². The van der Waals surface area contributed by atoms with Crippen molar-refractivity contribution in [3.8, 4) is 0 Å². The Hall–Kier alpha value is -1.13. The molecular weight excluding hydrogens is 224 g/mol. The highest BCUT2D eigenvalue weighted by molar-refractivity contribution is 5.38. The number of anilines is 1. The molecule has 1 aliphatic rings. The predicted octanol–water partition coefficient (Wildman–Crippen LogP) is 1.20. The lowest BCUT2D eigenvalue weighted by atomic mass is 10.3. The molecule has 2 rings (SSSR count). The van der Waals surface area contributed by atoms with E-state index in [1.54, 1.807) is 0 Å². The smallest absolute Gasteiger partial charge is 0.128 e. The highest BCUT2D eigenvalue weighted by Gasteiger charge is 2.16. The van der Waals surface area contributed by atoms with Crippen LogP contribution in [0.15, 0.2) is 24.4 Å². The first-order valence-corrected chi connectivity index (χ1v) is 6.99. The first kappa shape index (κ1) is 13.3. The number of aromatic nitrogens is 1. The fraction of sp³-hybridized carbons (Fsp3) is 0.643. The van der Waals surface area contributed by atoms with Crippen molar-refractivity contribution in [2.75, 3.05) is 50.7 Å². The Morgan fingerprint density at radius 3 is 2.72 bits per heavy atom. The molecular formula is C14H24N4. The van der Waals surface area contributed by atoms with E-state index in [0.717, 1.165) is 45.1 Å². The van der Waals surface area contributed by atoms with Gasteiger partial charge in [-0.1, -0.05) is 13.0 Å². The Bertz CT molecular complexity index is 320. The molecule has 18 heavy (non-hydrogen) atoms. The van der Waals surface area contributed by atoms with E-state index in [4.69, 9.17) is 0 Å². The lowest BCUT2D eigenvalue weighted by molar-refractivity contribution is 0.253. The van der Waals surface area contributed by atoms with Gasteiger partial charge in [0.2, 0.25) is 0 Å². The quantitative estimate of drug-likeness (QED) is 0.767. The standard InChI is InChI=1S/C14H24N4/c1-2-15-7-5-9-17-10-12-18(13-11-17)14-6-3-4-8-16-14/h3-4,6,8,15H,2,5,7,9-13H2,1H3. The summed E-state index contributed by atoms with van der Waals surface area (Å²) in [6.45, 7) is 10.1. The van der Waals surface area contributed by atoms with Crippen LogP contribution in [0.25, 0.3) is 0 Å². The first-order valence-electron chi connectivity index (χ1n) is 6.99. The molecule has 1 N–H and O–H groups in total. The Balaban J connectivity index is 1.68. The van der Waals surface area contributed by atoms with Gasteiger partial charge in [0.25, 0.3) is 0 Å². The van der Waals surface area contributed by atoms with E-state index in [1.165, 1.54) is 13.0 Å². The Morgan fingerprint density at radius 2 is 2.06 bits per heavy atom. The van der Waals surface area contributed by atoms with Gasteiger partial charge in [0.15, 0.2) is 0 Å². The summed E-state index contributed by atoms with van der Waals surface area (Å²) in [6, 6.07) is 6.13. The van der Waals surface area contributed by atoms with E-state index in [2.05, 4.69) is 39.2 Å². The van der Waals surface area contributed by atoms with Crippen LogP contribution in [-0.2, 0) is 0 Å². The van der Waals surface area contributed by atoms with Gasteiger partial charge in [0, 0.05) is 32.4 Å². The molecule has 4 nitrogen and oxygen atoms in total. The molecule has 0 bridgehead atoms. The van der Waals surface area contributed by atoms with Gasteiger partial charge in [-0.25, -0.2) is 4.98 Å². The van der Waals surface area contributed by atoms with E-state index in [1.807, 2.05) is 12.3 Å². The largest absolute Gasteiger partial charge is 0.354 e. The summed E-state index contributed by atoms with van der Waals surface area (Å²) in [5.74, 6) is 1.12. The van der Waals surface area contributed by atoms with Crippen LogP contribution in [0.1, 0.15) is 13.3 Å². The number of piperazine rings is 1. The molecule has 0 radical (unpaired) electrons. The van der Waals surface area contributed by atoms with Gasteiger partial charge < -0.3 is 10.2 Å². The second-order valence-electron chi connectivity index (χ2n) is 4.72. The third-order valence-corrected chi connectivity index (χ3v) is 3.42. The van der Waals surface area contributed by atoms with Gasteiger partial charge in [0.1, 0.15) is 5.82 Å². The zero-order chi connectivity index (χ0) is 12.6. The molecule has 100 valence electrons. The van der Waals surface area contributed by atoms with Crippen LogP contribution in [0.5, 0.6) is 0 Å². The fourth-order valence-electron chi connectivity index (χ4n) is 2.35. The minimum absolute atomic E-state index is 1.08. The zero-order valence-corrected chi connectivity index (χ0v) is 11.3. The second-order valence-corrected chi connectivity index (χ2v) is 4.72. The Kier molecular flexibility index (Phi) is 5.42. The molecule has 1 aliphatic heterocycles. The summed E-state index contributed by atoms with van der Waals surface area (Å²) in [7, 11) is 0. The first-order chi connectivity index (χ1) is 8.90. The van der Waals surface area contributed by atoms with Crippen molar-refractivity contribution >= 4 is 5.82 Å². The maximum Gasteiger partial charge on any atom is 0.128 e. The van der Waals surface area contributed by atoms with E-state index in [0.29, 0.717) is 0 Å². The number of nitrogens with one attached hydrogen (secondary N) is 1. The van der Waals surface area contributed by atoms with Crippen LogP contribution in [0.3, 0.4) is 0 Å². The van der Waals surface area contributed by atoms with Gasteiger partial charge in [-0.15, -0.1) is 0 Å². The molecule has 0 amide bonds. The highest BCUT2D eigenvalue weighted by Crippen LogP contribution is 2.12. The maximum absolute atomic E-state index is 4.41. The lowest BCUT2D eigenvalue weighted by Gasteiger charge is -2.35. The van der Waals surface area contributed by atoms with Gasteiger partial charge >= 0.3 is 0 Å². The molecule has 0 spiro atoms. The van der Waals surface area contributed by atoms with Crippen molar-refractivity contribution in [2.45, 2.75) is 13.3 Å². The zero-order valence-electron chi connectivity index (χ0n) is 11.3. The fourth-order valence-corrected chi connectivity index (χ4v) is 2.35. The molecule has 0 aliphatic carbocycles. The Morgan fingerprint density at radius 1 is 1.22 bits per heavy atom. The van der Waals surface area contributed by atoms with E-state index in [-0.39, 0.29) is 0 Å². The molecule has 2 heterocycles. The average Bonchev–Trinajstić information content (AvgIpc) is 2.45. The minimum Gasteiger partial charge on any atom is -0.354 e. The summed E-state index contributed by atoms with van der Waals surface area (Å²) >= 11 is 0. The predicted molar refractivity (Wildman–Crippen MR) is 76.1 cm³/mol. The topological polar surface area (TPSA) is 31.4 Å². The van der Waals surface area contributed by atoms with E-state index in [9.17, 15) is 0 Å². The molecule has 1 aromatic heterocycles. The lowest BCUT2D eigenvalue weighted by Crippen LogP contribution is -2.47. The monoisotopic (exact) mass is 248 g/mol. The van der Waals surface area contributed by atoms with Crippen molar-refractivity contribution in [3.05, 3.63) is 24.4 Å². The van der Waals surface area contributed by atoms with Crippen LogP contribution < -0.4 is 10.2 Å². The maximum atomic E-state index is 4.41. The van der Waals surface area contributed by atoms with Crippen molar-refractivity contribution in [1.82, 2.24) is 15.2 Å². The SMILES string of the molecule is CCNCCCN1CCN(c2ccccn2)CC1. The molecule has 1 saturated heterocycles. The van der Waals surface area contributed by atoms with Gasteiger partial charge in [-0.3, -0.25) is 4.90 Å². The summed E-state index contributed by atoms with van der Waals surface area (Å²) < 4.78 is 0. The molecule has 4 heteroatoms. The van der Waals surface area contributed by atoms with Crippen molar-refractivity contribution in [1.29, 1.82) is 0 Å². The van der Waals surface area contributed by atoms with Gasteiger partial charge in [-0.05, 0) is 38.2 Å². The van der Waals surface area contributed by atoms with Crippen molar-refractivity contribution in [2.24, 2.45) is 0 Å². The molecule has 0 unspecified atom stereocenters. The van der Waals surface area contributed by atoms with Crippen LogP contribution in [0, 0.1) is 0 Å². The van der Waals surface area contributed by atoms with E-state index < -0.39 is 0 Å². The van der Waals surface area contributed by atoms with Gasteiger partial charge in [-0.2, -0.15) is 0 Å². The van der Waals surface area contributed by atoms with Crippen LogP contribution in [0.4, 0.5) is 5.82 Å². The summed E-state index contributed by atoms with van der Waals surface area (Å²) in [6.07, 6.45) is 3.12. The summed E-state index contributed by atoms with van der Waals surface area (Å²) in [5.41, 5.74) is 0. The highest BCUT2D eigenvalue weighted by atomic mass is 15.3.